The van der Waals surface area contributed by atoms with E-state index in [1.54, 1.807) is 30.3 Å². The summed E-state index contributed by atoms with van der Waals surface area (Å²) in [6.07, 6.45) is 3.12. The zero-order valence-electron chi connectivity index (χ0n) is 12.7. The fourth-order valence-electron chi connectivity index (χ4n) is 2.32. The molecule has 0 bridgehead atoms. The molecule has 0 aliphatic carbocycles. The van der Waals surface area contributed by atoms with E-state index in [0.29, 0.717) is 12.2 Å². The Morgan fingerprint density at radius 3 is 2.52 bits per heavy atom. The van der Waals surface area contributed by atoms with Gasteiger partial charge in [-0.05, 0) is 29.8 Å². The molecular formula is C18H16FN3O. The Morgan fingerprint density at radius 2 is 1.83 bits per heavy atom. The molecule has 2 aromatic carbocycles. The third kappa shape index (κ3) is 3.45. The van der Waals surface area contributed by atoms with Crippen molar-refractivity contribution in [2.45, 2.75) is 6.54 Å². The Labute approximate surface area is 133 Å². The van der Waals surface area contributed by atoms with Gasteiger partial charge in [0.15, 0.2) is 0 Å². The van der Waals surface area contributed by atoms with Crippen LogP contribution in [-0.4, -0.2) is 27.5 Å². The minimum atomic E-state index is -0.299. The number of rotatable bonds is 3. The van der Waals surface area contributed by atoms with Gasteiger partial charge in [0.2, 0.25) is 0 Å². The van der Waals surface area contributed by atoms with Crippen LogP contribution in [0, 0.1) is 5.82 Å². The van der Waals surface area contributed by atoms with Gasteiger partial charge < -0.3 is 4.90 Å². The molecule has 23 heavy (non-hydrogen) atoms. The van der Waals surface area contributed by atoms with Crippen LogP contribution >= 0.6 is 0 Å². The van der Waals surface area contributed by atoms with Crippen molar-refractivity contribution in [1.29, 1.82) is 0 Å². The second-order valence-electron chi connectivity index (χ2n) is 5.30. The van der Waals surface area contributed by atoms with E-state index in [0.717, 1.165) is 11.1 Å². The van der Waals surface area contributed by atoms with Gasteiger partial charge in [0.1, 0.15) is 12.1 Å². The van der Waals surface area contributed by atoms with Crippen molar-refractivity contribution in [2.24, 2.45) is 0 Å². The maximum atomic E-state index is 13.0. The van der Waals surface area contributed by atoms with Crippen LogP contribution in [0.4, 0.5) is 9.18 Å². The molecule has 0 aliphatic rings. The lowest BCUT2D eigenvalue weighted by Gasteiger charge is -2.17. The molecule has 1 heterocycles. The van der Waals surface area contributed by atoms with E-state index < -0.39 is 0 Å². The van der Waals surface area contributed by atoms with Crippen molar-refractivity contribution < 1.29 is 9.18 Å². The molecule has 1 aromatic heterocycles. The third-order valence-corrected chi connectivity index (χ3v) is 3.53. The fourth-order valence-corrected chi connectivity index (χ4v) is 2.32. The predicted molar refractivity (Wildman–Crippen MR) is 86.3 cm³/mol. The first kappa shape index (κ1) is 15.0. The molecular weight excluding hydrogens is 293 g/mol. The molecule has 0 saturated carbocycles. The number of imidazole rings is 1. The van der Waals surface area contributed by atoms with Crippen molar-refractivity contribution in [3.63, 3.8) is 0 Å². The number of hydrogen-bond acceptors (Lipinski definition) is 2. The van der Waals surface area contributed by atoms with Gasteiger partial charge in [0, 0.05) is 25.4 Å². The Kier molecular flexibility index (Phi) is 4.19. The van der Waals surface area contributed by atoms with Gasteiger partial charge in [-0.25, -0.2) is 14.2 Å². The van der Waals surface area contributed by atoms with E-state index in [9.17, 15) is 9.18 Å². The second kappa shape index (κ2) is 6.44. The minimum absolute atomic E-state index is 0.172. The largest absolute Gasteiger partial charge is 0.329 e. The lowest BCUT2D eigenvalue weighted by atomic mass is 10.2. The van der Waals surface area contributed by atoms with Crippen LogP contribution < -0.4 is 0 Å². The molecule has 0 atom stereocenters. The van der Waals surface area contributed by atoms with E-state index in [1.807, 2.05) is 30.3 Å². The lowest BCUT2D eigenvalue weighted by molar-refractivity contribution is 0.208. The quantitative estimate of drug-likeness (QED) is 0.738. The highest BCUT2D eigenvalue weighted by Crippen LogP contribution is 2.17. The normalized spacial score (nSPS) is 10.5. The first-order chi connectivity index (χ1) is 11.1. The molecule has 0 saturated heterocycles. The Bertz CT molecular complexity index is 797. The van der Waals surface area contributed by atoms with Gasteiger partial charge in [-0.1, -0.05) is 30.3 Å². The third-order valence-electron chi connectivity index (χ3n) is 3.53. The molecule has 0 radical (unpaired) electrons. The van der Waals surface area contributed by atoms with E-state index >= 15 is 0 Å². The number of halogens is 1. The molecule has 1 amide bonds. The molecule has 0 spiro atoms. The Hall–Kier alpha value is -2.95. The summed E-state index contributed by atoms with van der Waals surface area (Å²) in [5.74, 6) is -0.299. The topological polar surface area (TPSA) is 38.1 Å². The van der Waals surface area contributed by atoms with Gasteiger partial charge in [-0.2, -0.15) is 0 Å². The molecule has 3 aromatic rings. The summed E-state index contributed by atoms with van der Waals surface area (Å²) in [4.78, 5) is 18.3. The Morgan fingerprint density at radius 1 is 1.13 bits per heavy atom. The van der Waals surface area contributed by atoms with Crippen molar-refractivity contribution in [2.75, 3.05) is 7.05 Å². The molecule has 5 heteroatoms. The fraction of sp³-hybridized carbons (Fsp3) is 0.111. The molecule has 116 valence electrons. The first-order valence-corrected chi connectivity index (χ1v) is 7.23. The van der Waals surface area contributed by atoms with E-state index in [2.05, 4.69) is 4.98 Å². The summed E-state index contributed by atoms with van der Waals surface area (Å²) in [6, 6.07) is 15.6. The van der Waals surface area contributed by atoms with Crippen LogP contribution in [0.1, 0.15) is 5.56 Å². The van der Waals surface area contributed by atoms with Crippen molar-refractivity contribution in [3.05, 3.63) is 78.5 Å². The summed E-state index contributed by atoms with van der Waals surface area (Å²) in [7, 11) is 1.74. The van der Waals surface area contributed by atoms with Crippen LogP contribution in [0.15, 0.2) is 67.1 Å². The number of hydrogen-bond donors (Lipinski definition) is 0. The zero-order chi connectivity index (χ0) is 16.2. The van der Waals surface area contributed by atoms with Crippen molar-refractivity contribution >= 4 is 6.03 Å². The highest BCUT2D eigenvalue weighted by molar-refractivity contribution is 5.77. The van der Waals surface area contributed by atoms with E-state index in [-0.39, 0.29) is 11.8 Å². The smallest absolute Gasteiger partial charge is 0.323 e. The van der Waals surface area contributed by atoms with Gasteiger partial charge in [0.25, 0.3) is 0 Å². The lowest BCUT2D eigenvalue weighted by Crippen LogP contribution is -2.29. The summed E-state index contributed by atoms with van der Waals surface area (Å²) >= 11 is 0. The minimum Gasteiger partial charge on any atom is -0.323 e. The second-order valence-corrected chi connectivity index (χ2v) is 5.30. The van der Waals surface area contributed by atoms with Gasteiger partial charge >= 0.3 is 6.03 Å². The standard InChI is InChI=1S/C18H16FN3O/c1-21(11-14-5-3-2-4-6-14)18(23)22-12-17(20-13-22)15-7-9-16(19)10-8-15/h2-10,12-13H,11H2,1H3. The zero-order valence-corrected chi connectivity index (χ0v) is 12.7. The molecule has 4 nitrogen and oxygen atoms in total. The maximum Gasteiger partial charge on any atom is 0.329 e. The van der Waals surface area contributed by atoms with Gasteiger partial charge in [-0.3, -0.25) is 4.57 Å². The average Bonchev–Trinajstić information content (AvgIpc) is 3.05. The van der Waals surface area contributed by atoms with Crippen LogP contribution in [0.2, 0.25) is 0 Å². The molecule has 0 N–H and O–H groups in total. The van der Waals surface area contributed by atoms with Gasteiger partial charge in [-0.15, -0.1) is 0 Å². The monoisotopic (exact) mass is 309 g/mol. The highest BCUT2D eigenvalue weighted by atomic mass is 19.1. The Balaban J connectivity index is 1.74. The summed E-state index contributed by atoms with van der Waals surface area (Å²) in [5, 5.41) is 0. The number of carbonyl (C=O) groups is 1. The number of carbonyl (C=O) groups excluding carboxylic acids is 1. The van der Waals surface area contributed by atoms with Crippen molar-refractivity contribution in [1.82, 2.24) is 14.5 Å². The van der Waals surface area contributed by atoms with Crippen LogP contribution in [0.25, 0.3) is 11.3 Å². The SMILES string of the molecule is CN(Cc1ccccc1)C(=O)n1cnc(-c2ccc(F)cc2)c1. The number of aromatic nitrogens is 2. The number of benzene rings is 2. The summed E-state index contributed by atoms with van der Waals surface area (Å²) in [5.41, 5.74) is 2.46. The predicted octanol–water partition coefficient (Wildman–Crippen LogP) is 3.79. The van der Waals surface area contributed by atoms with Crippen LogP contribution in [0.5, 0.6) is 0 Å². The molecule has 3 rings (SSSR count). The highest BCUT2D eigenvalue weighted by Gasteiger charge is 2.13. The maximum absolute atomic E-state index is 13.0. The van der Waals surface area contributed by atoms with Crippen molar-refractivity contribution in [3.8, 4) is 11.3 Å². The molecule has 0 aliphatic heterocycles. The molecule has 0 fully saturated rings. The summed E-state index contributed by atoms with van der Waals surface area (Å²) < 4.78 is 14.4. The first-order valence-electron chi connectivity index (χ1n) is 7.23. The van der Waals surface area contributed by atoms with E-state index in [4.69, 9.17) is 0 Å². The van der Waals surface area contributed by atoms with E-state index in [1.165, 1.54) is 23.0 Å². The number of amides is 1. The van der Waals surface area contributed by atoms with Crippen LogP contribution in [-0.2, 0) is 6.54 Å². The van der Waals surface area contributed by atoms with Crippen LogP contribution in [0.3, 0.4) is 0 Å². The average molecular weight is 309 g/mol. The molecule has 0 unspecified atom stereocenters. The summed E-state index contributed by atoms with van der Waals surface area (Å²) in [6.45, 7) is 0.518. The number of nitrogens with zero attached hydrogens (tertiary/aromatic N) is 3. The van der Waals surface area contributed by atoms with Gasteiger partial charge in [0.05, 0.1) is 5.69 Å².